The topological polar surface area (TPSA) is 29.9 Å². The van der Waals surface area contributed by atoms with E-state index in [0.29, 0.717) is 6.04 Å². The molecule has 0 aliphatic rings. The molecule has 0 aliphatic carbocycles. The first-order valence-corrected chi connectivity index (χ1v) is 5.98. The van der Waals surface area contributed by atoms with E-state index in [1.165, 1.54) is 11.3 Å². The lowest BCUT2D eigenvalue weighted by Gasteiger charge is -2.16. The molecule has 15 heavy (non-hydrogen) atoms. The van der Waals surface area contributed by atoms with Gasteiger partial charge in [0.05, 0.1) is 12.2 Å². The SMILES string of the molecule is CCc1c(CNC)cnn1C(CC)CC. The Hall–Kier alpha value is -0.830. The molecular formula is C12H23N3. The number of hydrogen-bond donors (Lipinski definition) is 1. The summed E-state index contributed by atoms with van der Waals surface area (Å²) in [4.78, 5) is 0. The molecule has 86 valence electrons. The van der Waals surface area contributed by atoms with E-state index in [2.05, 4.69) is 35.9 Å². The van der Waals surface area contributed by atoms with Gasteiger partial charge in [0.15, 0.2) is 0 Å². The molecule has 0 aliphatic heterocycles. The van der Waals surface area contributed by atoms with Gasteiger partial charge >= 0.3 is 0 Å². The van der Waals surface area contributed by atoms with Crippen molar-refractivity contribution in [2.75, 3.05) is 7.05 Å². The van der Waals surface area contributed by atoms with Crippen LogP contribution in [0.25, 0.3) is 0 Å². The van der Waals surface area contributed by atoms with E-state index in [-0.39, 0.29) is 0 Å². The highest BCUT2D eigenvalue weighted by molar-refractivity contribution is 5.18. The summed E-state index contributed by atoms with van der Waals surface area (Å²) in [6, 6.07) is 0.561. The first-order valence-electron chi connectivity index (χ1n) is 5.98. The number of nitrogens with one attached hydrogen (secondary N) is 1. The van der Waals surface area contributed by atoms with E-state index < -0.39 is 0 Å². The maximum absolute atomic E-state index is 4.52. The van der Waals surface area contributed by atoms with Crippen LogP contribution in [0.5, 0.6) is 0 Å². The lowest BCUT2D eigenvalue weighted by molar-refractivity contribution is 0.415. The van der Waals surface area contributed by atoms with Crippen molar-refractivity contribution in [2.45, 2.75) is 52.6 Å². The minimum Gasteiger partial charge on any atom is -0.316 e. The van der Waals surface area contributed by atoms with Gasteiger partial charge in [-0.2, -0.15) is 5.10 Å². The lowest BCUT2D eigenvalue weighted by atomic mass is 10.1. The smallest absolute Gasteiger partial charge is 0.0537 e. The normalized spacial score (nSPS) is 11.3. The number of rotatable bonds is 6. The zero-order valence-electron chi connectivity index (χ0n) is 10.4. The molecule has 0 saturated carbocycles. The van der Waals surface area contributed by atoms with Gasteiger partial charge in [0, 0.05) is 17.8 Å². The highest BCUT2D eigenvalue weighted by atomic mass is 15.3. The fourth-order valence-corrected chi connectivity index (χ4v) is 2.10. The van der Waals surface area contributed by atoms with E-state index in [1.54, 1.807) is 0 Å². The Labute approximate surface area is 92.9 Å². The van der Waals surface area contributed by atoms with Crippen LogP contribution < -0.4 is 5.32 Å². The standard InChI is InChI=1S/C12H23N3/c1-5-11(6-2)15-12(7-3)10(8-13-4)9-14-15/h9,11,13H,5-8H2,1-4H3. The molecule has 0 amide bonds. The van der Waals surface area contributed by atoms with Gasteiger partial charge in [-0.1, -0.05) is 20.8 Å². The van der Waals surface area contributed by atoms with Crippen LogP contribution in [0.1, 0.15) is 50.9 Å². The fraction of sp³-hybridized carbons (Fsp3) is 0.750. The molecule has 1 rings (SSSR count). The van der Waals surface area contributed by atoms with Crippen LogP contribution in [0.15, 0.2) is 6.20 Å². The van der Waals surface area contributed by atoms with E-state index in [1.807, 2.05) is 13.2 Å². The molecule has 3 heteroatoms. The molecule has 3 nitrogen and oxygen atoms in total. The first-order chi connectivity index (χ1) is 7.28. The zero-order valence-corrected chi connectivity index (χ0v) is 10.4. The largest absolute Gasteiger partial charge is 0.316 e. The van der Waals surface area contributed by atoms with Crippen molar-refractivity contribution in [3.63, 3.8) is 0 Å². The van der Waals surface area contributed by atoms with Crippen molar-refractivity contribution in [2.24, 2.45) is 0 Å². The molecule has 0 saturated heterocycles. The van der Waals surface area contributed by atoms with Crippen LogP contribution >= 0.6 is 0 Å². The molecule has 1 heterocycles. The summed E-state index contributed by atoms with van der Waals surface area (Å²) in [6.07, 6.45) is 5.38. The Morgan fingerprint density at radius 1 is 1.33 bits per heavy atom. The highest BCUT2D eigenvalue weighted by Gasteiger charge is 2.14. The second-order valence-corrected chi connectivity index (χ2v) is 3.92. The van der Waals surface area contributed by atoms with Crippen molar-refractivity contribution >= 4 is 0 Å². The molecule has 0 fully saturated rings. The highest BCUT2D eigenvalue weighted by Crippen LogP contribution is 2.20. The second kappa shape index (κ2) is 5.91. The number of aromatic nitrogens is 2. The Morgan fingerprint density at radius 3 is 2.47 bits per heavy atom. The van der Waals surface area contributed by atoms with Crippen molar-refractivity contribution in [3.05, 3.63) is 17.5 Å². The van der Waals surface area contributed by atoms with Crippen LogP contribution in [0.4, 0.5) is 0 Å². The van der Waals surface area contributed by atoms with Crippen LogP contribution in [0.3, 0.4) is 0 Å². The molecule has 0 aromatic carbocycles. The summed E-state index contributed by atoms with van der Waals surface area (Å²) >= 11 is 0. The fourth-order valence-electron chi connectivity index (χ4n) is 2.10. The van der Waals surface area contributed by atoms with Gasteiger partial charge in [-0.15, -0.1) is 0 Å². The molecular weight excluding hydrogens is 186 g/mol. The van der Waals surface area contributed by atoms with Crippen LogP contribution in [0, 0.1) is 0 Å². The predicted octanol–water partition coefficient (Wildman–Crippen LogP) is 2.53. The summed E-state index contributed by atoms with van der Waals surface area (Å²) in [5.74, 6) is 0. The molecule has 1 N–H and O–H groups in total. The third-order valence-corrected chi connectivity index (χ3v) is 2.98. The number of nitrogens with zero attached hydrogens (tertiary/aromatic N) is 2. The molecule has 1 aromatic rings. The van der Waals surface area contributed by atoms with Crippen molar-refractivity contribution < 1.29 is 0 Å². The molecule has 0 unspecified atom stereocenters. The Bertz CT molecular complexity index is 287. The Morgan fingerprint density at radius 2 is 2.00 bits per heavy atom. The summed E-state index contributed by atoms with van der Waals surface area (Å²) < 4.78 is 2.21. The molecule has 0 radical (unpaired) electrons. The van der Waals surface area contributed by atoms with Crippen LogP contribution in [-0.2, 0) is 13.0 Å². The second-order valence-electron chi connectivity index (χ2n) is 3.92. The summed E-state index contributed by atoms with van der Waals surface area (Å²) in [5.41, 5.74) is 2.73. The minimum absolute atomic E-state index is 0.561. The summed E-state index contributed by atoms with van der Waals surface area (Å²) in [7, 11) is 1.98. The van der Waals surface area contributed by atoms with Gasteiger partial charge < -0.3 is 5.32 Å². The van der Waals surface area contributed by atoms with E-state index >= 15 is 0 Å². The average Bonchev–Trinajstić information content (AvgIpc) is 2.64. The lowest BCUT2D eigenvalue weighted by Crippen LogP contribution is -2.13. The van der Waals surface area contributed by atoms with Gasteiger partial charge in [0.2, 0.25) is 0 Å². The van der Waals surface area contributed by atoms with Gasteiger partial charge in [0.1, 0.15) is 0 Å². The van der Waals surface area contributed by atoms with Crippen molar-refractivity contribution in [1.82, 2.24) is 15.1 Å². The Kier molecular flexibility index (Phi) is 4.82. The average molecular weight is 209 g/mol. The zero-order chi connectivity index (χ0) is 11.3. The third kappa shape index (κ3) is 2.59. The summed E-state index contributed by atoms with van der Waals surface area (Å²) in [5, 5.41) is 7.72. The first kappa shape index (κ1) is 12.2. The van der Waals surface area contributed by atoms with Gasteiger partial charge in [-0.25, -0.2) is 0 Å². The molecule has 0 bridgehead atoms. The van der Waals surface area contributed by atoms with E-state index in [9.17, 15) is 0 Å². The van der Waals surface area contributed by atoms with E-state index in [4.69, 9.17) is 0 Å². The maximum Gasteiger partial charge on any atom is 0.0537 e. The third-order valence-electron chi connectivity index (χ3n) is 2.98. The molecule has 0 spiro atoms. The van der Waals surface area contributed by atoms with Gasteiger partial charge in [-0.05, 0) is 26.3 Å². The maximum atomic E-state index is 4.52. The van der Waals surface area contributed by atoms with Crippen LogP contribution in [-0.4, -0.2) is 16.8 Å². The van der Waals surface area contributed by atoms with Crippen molar-refractivity contribution in [3.8, 4) is 0 Å². The van der Waals surface area contributed by atoms with Gasteiger partial charge in [0.25, 0.3) is 0 Å². The Balaban J connectivity index is 2.96. The van der Waals surface area contributed by atoms with E-state index in [0.717, 1.165) is 25.8 Å². The summed E-state index contributed by atoms with van der Waals surface area (Å²) in [6.45, 7) is 7.58. The van der Waals surface area contributed by atoms with Gasteiger partial charge in [-0.3, -0.25) is 4.68 Å². The monoisotopic (exact) mass is 209 g/mol. The quantitative estimate of drug-likeness (QED) is 0.780. The molecule has 0 atom stereocenters. The minimum atomic E-state index is 0.561. The van der Waals surface area contributed by atoms with Crippen molar-refractivity contribution in [1.29, 1.82) is 0 Å². The predicted molar refractivity (Wildman–Crippen MR) is 64.0 cm³/mol. The van der Waals surface area contributed by atoms with Crippen LogP contribution in [0.2, 0.25) is 0 Å². The molecule has 1 aromatic heterocycles. The number of hydrogen-bond acceptors (Lipinski definition) is 2.